The molecule has 0 bridgehead atoms. The SMILES string of the molecule is CO[Si](CCCNCCN)(OC)OC.[SiH4]. The highest BCUT2D eigenvalue weighted by atomic mass is 28.4. The fraction of sp³-hybridized carbons (Fsp3) is 1.00. The Hall–Kier alpha value is 0.234. The number of hydrogen-bond acceptors (Lipinski definition) is 5. The van der Waals surface area contributed by atoms with Gasteiger partial charge in [-0.15, -0.1) is 0 Å². The summed E-state index contributed by atoms with van der Waals surface area (Å²) in [4.78, 5) is 0. The van der Waals surface area contributed by atoms with Crippen LogP contribution in [-0.4, -0.2) is 60.7 Å². The second kappa shape index (κ2) is 10.7. The molecule has 0 atom stereocenters. The molecule has 0 saturated carbocycles. The van der Waals surface area contributed by atoms with Crippen molar-refractivity contribution in [3.05, 3.63) is 0 Å². The van der Waals surface area contributed by atoms with Crippen molar-refractivity contribution >= 4 is 19.8 Å². The van der Waals surface area contributed by atoms with Gasteiger partial charge in [-0.05, 0) is 23.9 Å². The van der Waals surface area contributed by atoms with Crippen LogP contribution >= 0.6 is 0 Å². The van der Waals surface area contributed by atoms with Gasteiger partial charge in [-0.1, -0.05) is 0 Å². The molecular weight excluding hydrogens is 228 g/mol. The first-order valence-corrected chi connectivity index (χ1v) is 6.74. The third-order valence-electron chi connectivity index (χ3n) is 2.09. The predicted molar refractivity (Wildman–Crippen MR) is 69.5 cm³/mol. The van der Waals surface area contributed by atoms with E-state index < -0.39 is 8.80 Å². The molecule has 0 aromatic carbocycles. The van der Waals surface area contributed by atoms with Crippen LogP contribution in [0.1, 0.15) is 6.42 Å². The molecule has 0 saturated heterocycles. The fourth-order valence-corrected chi connectivity index (χ4v) is 2.94. The Morgan fingerprint density at radius 2 is 1.60 bits per heavy atom. The molecule has 0 spiro atoms. The molecule has 7 heteroatoms. The van der Waals surface area contributed by atoms with E-state index in [9.17, 15) is 0 Å². The maximum Gasteiger partial charge on any atom is 0.500 e. The molecule has 0 aliphatic rings. The first-order valence-electron chi connectivity index (χ1n) is 4.81. The largest absolute Gasteiger partial charge is 0.500 e. The molecule has 0 heterocycles. The summed E-state index contributed by atoms with van der Waals surface area (Å²) in [5.74, 6) is 0. The molecule has 0 radical (unpaired) electrons. The first kappa shape index (κ1) is 17.6. The van der Waals surface area contributed by atoms with Crippen LogP contribution in [-0.2, 0) is 13.3 Å². The van der Waals surface area contributed by atoms with E-state index in [-0.39, 0.29) is 11.0 Å². The summed E-state index contributed by atoms with van der Waals surface area (Å²) in [6.45, 7) is 2.44. The summed E-state index contributed by atoms with van der Waals surface area (Å²) in [7, 11) is 2.55. The predicted octanol–water partition coefficient (Wildman–Crippen LogP) is -1.65. The van der Waals surface area contributed by atoms with Crippen molar-refractivity contribution in [2.75, 3.05) is 41.0 Å². The summed E-state index contributed by atoms with van der Waals surface area (Å²) in [6.07, 6.45) is 0.974. The van der Waals surface area contributed by atoms with Crippen molar-refractivity contribution < 1.29 is 13.3 Å². The highest BCUT2D eigenvalue weighted by Crippen LogP contribution is 2.13. The van der Waals surface area contributed by atoms with Gasteiger partial charge in [-0.2, -0.15) is 0 Å². The van der Waals surface area contributed by atoms with E-state index in [0.717, 1.165) is 25.6 Å². The summed E-state index contributed by atoms with van der Waals surface area (Å²) in [5, 5.41) is 3.21. The van der Waals surface area contributed by atoms with Gasteiger partial charge in [0.1, 0.15) is 0 Å². The van der Waals surface area contributed by atoms with Crippen molar-refractivity contribution in [2.45, 2.75) is 12.5 Å². The Balaban J connectivity index is 0. The van der Waals surface area contributed by atoms with Crippen LogP contribution in [0.2, 0.25) is 6.04 Å². The van der Waals surface area contributed by atoms with E-state index in [0.29, 0.717) is 6.54 Å². The third kappa shape index (κ3) is 7.17. The van der Waals surface area contributed by atoms with Crippen molar-refractivity contribution in [1.29, 1.82) is 0 Å². The van der Waals surface area contributed by atoms with Crippen LogP contribution in [0.3, 0.4) is 0 Å². The first-order chi connectivity index (χ1) is 6.74. The molecular formula is C8H26N2O3Si2. The summed E-state index contributed by atoms with van der Waals surface area (Å²) < 4.78 is 15.9. The van der Waals surface area contributed by atoms with Crippen LogP contribution < -0.4 is 11.1 Å². The second-order valence-electron chi connectivity index (χ2n) is 2.94. The van der Waals surface area contributed by atoms with Crippen molar-refractivity contribution in [3.8, 4) is 0 Å². The molecule has 3 N–H and O–H groups in total. The lowest BCUT2D eigenvalue weighted by Gasteiger charge is -2.24. The Kier molecular flexibility index (Phi) is 12.6. The number of nitrogens with two attached hydrogens (primary N) is 1. The monoisotopic (exact) mass is 254 g/mol. The molecule has 94 valence electrons. The zero-order chi connectivity index (χ0) is 10.9. The van der Waals surface area contributed by atoms with Crippen LogP contribution in [0.4, 0.5) is 0 Å². The Morgan fingerprint density at radius 3 is 2.00 bits per heavy atom. The van der Waals surface area contributed by atoms with E-state index in [1.54, 1.807) is 21.3 Å². The highest BCUT2D eigenvalue weighted by Gasteiger charge is 2.36. The van der Waals surface area contributed by atoms with Gasteiger partial charge >= 0.3 is 8.80 Å². The van der Waals surface area contributed by atoms with Crippen molar-refractivity contribution in [1.82, 2.24) is 5.32 Å². The normalized spacial score (nSPS) is 11.2. The van der Waals surface area contributed by atoms with Gasteiger partial charge in [0.25, 0.3) is 0 Å². The maximum absolute atomic E-state index is 5.35. The summed E-state index contributed by atoms with van der Waals surface area (Å²) >= 11 is 0. The van der Waals surface area contributed by atoms with Gasteiger partial charge in [0.15, 0.2) is 0 Å². The minimum absolute atomic E-state index is 0. The standard InChI is InChI=1S/C8H22N2O3Si.H4Si/c1-11-14(12-2,13-3)8-4-6-10-7-5-9;/h10H,4-9H2,1-3H3;1H4. The number of rotatable bonds is 9. The Labute approximate surface area is 98.0 Å². The van der Waals surface area contributed by atoms with Gasteiger partial charge in [0, 0.05) is 40.5 Å². The fourth-order valence-electron chi connectivity index (χ4n) is 1.21. The van der Waals surface area contributed by atoms with Crippen LogP contribution in [0, 0.1) is 0 Å². The van der Waals surface area contributed by atoms with E-state index >= 15 is 0 Å². The van der Waals surface area contributed by atoms with Gasteiger partial charge < -0.3 is 24.3 Å². The molecule has 0 aromatic heterocycles. The van der Waals surface area contributed by atoms with Gasteiger partial charge in [0.05, 0.1) is 0 Å². The minimum atomic E-state index is -2.35. The van der Waals surface area contributed by atoms with Crippen molar-refractivity contribution in [2.24, 2.45) is 5.73 Å². The summed E-state index contributed by atoms with van der Waals surface area (Å²) in [5.41, 5.74) is 5.35. The molecule has 0 aromatic rings. The number of hydrogen-bond donors (Lipinski definition) is 2. The van der Waals surface area contributed by atoms with E-state index in [1.165, 1.54) is 0 Å². The molecule has 0 aliphatic heterocycles. The topological polar surface area (TPSA) is 65.7 Å². The summed E-state index contributed by atoms with van der Waals surface area (Å²) in [6, 6.07) is 0.827. The molecule has 0 rings (SSSR count). The molecule has 0 fully saturated rings. The van der Waals surface area contributed by atoms with Crippen LogP contribution in [0.25, 0.3) is 0 Å². The maximum atomic E-state index is 5.35. The lowest BCUT2D eigenvalue weighted by molar-refractivity contribution is 0.123. The smallest absolute Gasteiger partial charge is 0.377 e. The van der Waals surface area contributed by atoms with Gasteiger partial charge in [-0.3, -0.25) is 0 Å². The average Bonchev–Trinajstić information content (AvgIpc) is 2.24. The quantitative estimate of drug-likeness (QED) is 0.381. The van der Waals surface area contributed by atoms with Gasteiger partial charge in [-0.25, -0.2) is 0 Å². The third-order valence-corrected chi connectivity index (χ3v) is 4.92. The van der Waals surface area contributed by atoms with Crippen molar-refractivity contribution in [3.63, 3.8) is 0 Å². The van der Waals surface area contributed by atoms with Gasteiger partial charge in [0.2, 0.25) is 0 Å². The molecule has 0 aliphatic carbocycles. The highest BCUT2D eigenvalue weighted by molar-refractivity contribution is 6.60. The Morgan fingerprint density at radius 1 is 1.07 bits per heavy atom. The zero-order valence-electron chi connectivity index (χ0n) is 9.34. The molecule has 15 heavy (non-hydrogen) atoms. The van der Waals surface area contributed by atoms with E-state index in [4.69, 9.17) is 19.0 Å². The van der Waals surface area contributed by atoms with E-state index in [2.05, 4.69) is 5.32 Å². The van der Waals surface area contributed by atoms with Crippen LogP contribution in [0.15, 0.2) is 0 Å². The zero-order valence-corrected chi connectivity index (χ0v) is 10.3. The second-order valence-corrected chi connectivity index (χ2v) is 6.03. The minimum Gasteiger partial charge on any atom is -0.377 e. The van der Waals surface area contributed by atoms with E-state index in [1.807, 2.05) is 0 Å². The molecule has 0 unspecified atom stereocenters. The lowest BCUT2D eigenvalue weighted by atomic mass is 10.5. The van der Waals surface area contributed by atoms with Crippen LogP contribution in [0.5, 0.6) is 0 Å². The molecule has 0 amide bonds. The average molecular weight is 254 g/mol. The lowest BCUT2D eigenvalue weighted by Crippen LogP contribution is -2.43. The molecule has 5 nitrogen and oxygen atoms in total. The number of nitrogens with one attached hydrogen (secondary N) is 1. The Bertz CT molecular complexity index is 129.